The van der Waals surface area contributed by atoms with E-state index in [-0.39, 0.29) is 48.8 Å². The van der Waals surface area contributed by atoms with Crippen LogP contribution < -0.4 is 21.1 Å². The Balaban J connectivity index is 1.47. The lowest BCUT2D eigenvalue weighted by atomic mass is 10.0. The number of rotatable bonds is 11. The number of imidazole rings is 1. The van der Waals surface area contributed by atoms with Crippen LogP contribution in [0, 0.1) is 5.92 Å². The molecule has 3 heterocycles. The van der Waals surface area contributed by atoms with Crippen molar-refractivity contribution in [2.75, 3.05) is 25.2 Å². The fraction of sp³-hybridized carbons (Fsp3) is 0.500. The number of carbonyl (C=O) groups is 1. The van der Waals surface area contributed by atoms with Gasteiger partial charge in [0.25, 0.3) is 0 Å². The molecule has 1 fully saturated rings. The second-order valence-corrected chi connectivity index (χ2v) is 11.2. The molecule has 5 N–H and O–H groups in total. The Bertz CT molecular complexity index is 1330. The number of fused-ring (bicyclic) bond motifs is 1. The van der Waals surface area contributed by atoms with Gasteiger partial charge in [-0.15, -0.1) is 0 Å². The number of ether oxygens (including phenoxy) is 2. The summed E-state index contributed by atoms with van der Waals surface area (Å²) in [5, 5.41) is 2.93. The highest BCUT2D eigenvalue weighted by Gasteiger charge is 2.38. The maximum Gasteiger partial charge on any atom is 0.459 e. The number of nitrogens with two attached hydrogens (primary N) is 2. The van der Waals surface area contributed by atoms with Crippen LogP contribution >= 0.6 is 7.75 Å². The fourth-order valence-electron chi connectivity index (χ4n) is 4.26. The second-order valence-electron chi connectivity index (χ2n) is 9.49. The lowest BCUT2D eigenvalue weighted by Gasteiger charge is -2.25. The van der Waals surface area contributed by atoms with Crippen LogP contribution in [0.2, 0.25) is 0 Å². The zero-order valence-electron chi connectivity index (χ0n) is 21.9. The number of hydrogen-bond acceptors (Lipinski definition) is 11. The van der Waals surface area contributed by atoms with Crippen molar-refractivity contribution in [3.63, 3.8) is 0 Å². The third-order valence-electron chi connectivity index (χ3n) is 6.16. The van der Waals surface area contributed by atoms with Crippen LogP contribution in [0.15, 0.2) is 30.6 Å². The van der Waals surface area contributed by atoms with Crippen molar-refractivity contribution in [2.24, 2.45) is 5.92 Å². The van der Waals surface area contributed by atoms with E-state index in [1.54, 1.807) is 23.0 Å². The maximum atomic E-state index is 13.8. The molecular formula is C24H34N7O6P. The van der Waals surface area contributed by atoms with E-state index < -0.39 is 14.0 Å². The van der Waals surface area contributed by atoms with Crippen LogP contribution in [0.25, 0.3) is 11.2 Å². The van der Waals surface area contributed by atoms with Gasteiger partial charge in [-0.25, -0.2) is 14.6 Å². The third kappa shape index (κ3) is 6.41. The molecular weight excluding hydrogens is 513 g/mol. The van der Waals surface area contributed by atoms with Crippen LogP contribution in [-0.4, -0.2) is 51.4 Å². The first-order valence-corrected chi connectivity index (χ1v) is 13.9. The molecule has 1 aliphatic rings. The average molecular weight is 548 g/mol. The highest BCUT2D eigenvalue weighted by molar-refractivity contribution is 7.52. The standard InChI is InChI=1S/C24H34N7O6P/c1-14(2)30-38(33,37-17-8-6-5-7-16(17)9-10-20(32)34-4)35-12-18-15(3)11-19(36-18)31-13-27-21-22(25)28-24(26)29-23(21)31/h5-8,13-15,18-19H,9-12H2,1-4H3,(H,30,33)(H4,25,26,28,29). The first-order chi connectivity index (χ1) is 18.1. The molecule has 206 valence electrons. The van der Waals surface area contributed by atoms with E-state index in [0.717, 1.165) is 0 Å². The molecule has 0 aliphatic carbocycles. The van der Waals surface area contributed by atoms with Crippen molar-refractivity contribution in [3.05, 3.63) is 36.2 Å². The minimum atomic E-state index is -3.81. The van der Waals surface area contributed by atoms with E-state index in [2.05, 4.69) is 20.0 Å². The van der Waals surface area contributed by atoms with Crippen LogP contribution in [-0.2, 0) is 29.8 Å². The minimum Gasteiger partial charge on any atom is -0.469 e. The van der Waals surface area contributed by atoms with E-state index in [1.165, 1.54) is 7.11 Å². The van der Waals surface area contributed by atoms with Gasteiger partial charge in [0.05, 0.1) is 26.1 Å². The van der Waals surface area contributed by atoms with Gasteiger partial charge in [0.15, 0.2) is 11.5 Å². The van der Waals surface area contributed by atoms with Gasteiger partial charge in [-0.2, -0.15) is 9.97 Å². The Morgan fingerprint density at radius 2 is 2.05 bits per heavy atom. The molecule has 0 bridgehead atoms. The molecule has 1 aromatic carbocycles. The topological polar surface area (TPSA) is 179 Å². The number of hydrogen-bond donors (Lipinski definition) is 3. The monoisotopic (exact) mass is 547 g/mol. The molecule has 1 saturated heterocycles. The highest BCUT2D eigenvalue weighted by Crippen LogP contribution is 2.47. The molecule has 1 aliphatic heterocycles. The number of para-hydroxylation sites is 1. The first kappa shape index (κ1) is 27.8. The number of nitrogen functional groups attached to an aromatic ring is 2. The molecule has 0 saturated carbocycles. The number of esters is 1. The molecule has 0 spiro atoms. The normalized spacial score (nSPS) is 21.0. The summed E-state index contributed by atoms with van der Waals surface area (Å²) < 4.78 is 38.4. The number of aromatic nitrogens is 4. The number of benzene rings is 1. The fourth-order valence-corrected chi connectivity index (χ4v) is 5.85. The Hall–Kier alpha value is -3.25. The van der Waals surface area contributed by atoms with E-state index in [4.69, 9.17) is 30.0 Å². The van der Waals surface area contributed by atoms with Crippen molar-refractivity contribution < 1.29 is 27.9 Å². The van der Waals surface area contributed by atoms with Gasteiger partial charge in [0.2, 0.25) is 5.95 Å². The zero-order chi connectivity index (χ0) is 27.4. The summed E-state index contributed by atoms with van der Waals surface area (Å²) in [6.07, 6.45) is 1.99. The third-order valence-corrected chi connectivity index (χ3v) is 7.92. The summed E-state index contributed by atoms with van der Waals surface area (Å²) in [4.78, 5) is 24.1. The number of anilines is 2. The van der Waals surface area contributed by atoms with Crippen molar-refractivity contribution in [2.45, 2.75) is 58.4 Å². The molecule has 4 atom stereocenters. The number of carbonyl (C=O) groups excluding carboxylic acids is 1. The highest BCUT2D eigenvalue weighted by atomic mass is 31.2. The number of aryl methyl sites for hydroxylation is 1. The van der Waals surface area contributed by atoms with Gasteiger partial charge in [-0.05, 0) is 44.2 Å². The number of nitrogens with one attached hydrogen (secondary N) is 1. The zero-order valence-corrected chi connectivity index (χ0v) is 22.8. The van der Waals surface area contributed by atoms with E-state index >= 15 is 0 Å². The summed E-state index contributed by atoms with van der Waals surface area (Å²) in [6, 6.07) is 6.90. The van der Waals surface area contributed by atoms with Crippen molar-refractivity contribution in [3.8, 4) is 5.75 Å². The molecule has 2 aromatic heterocycles. The molecule has 0 radical (unpaired) electrons. The van der Waals surface area contributed by atoms with Gasteiger partial charge >= 0.3 is 13.7 Å². The molecule has 38 heavy (non-hydrogen) atoms. The Labute approximate surface area is 220 Å². The largest absolute Gasteiger partial charge is 0.469 e. The van der Waals surface area contributed by atoms with Crippen LogP contribution in [0.1, 0.15) is 45.4 Å². The Morgan fingerprint density at radius 3 is 2.79 bits per heavy atom. The van der Waals surface area contributed by atoms with E-state index in [1.807, 2.05) is 32.9 Å². The van der Waals surface area contributed by atoms with Gasteiger partial charge < -0.3 is 25.5 Å². The van der Waals surface area contributed by atoms with Crippen molar-refractivity contribution in [1.29, 1.82) is 0 Å². The Kier molecular flexibility index (Phi) is 8.51. The Morgan fingerprint density at radius 1 is 1.29 bits per heavy atom. The van der Waals surface area contributed by atoms with Crippen LogP contribution in [0.5, 0.6) is 5.75 Å². The molecule has 4 unspecified atom stereocenters. The minimum absolute atomic E-state index is 0.0187. The summed E-state index contributed by atoms with van der Waals surface area (Å²) in [5.74, 6) is 0.331. The predicted octanol–water partition coefficient (Wildman–Crippen LogP) is 3.22. The summed E-state index contributed by atoms with van der Waals surface area (Å²) >= 11 is 0. The second kappa shape index (κ2) is 11.6. The molecule has 13 nitrogen and oxygen atoms in total. The van der Waals surface area contributed by atoms with Gasteiger partial charge in [-0.1, -0.05) is 25.1 Å². The van der Waals surface area contributed by atoms with E-state index in [0.29, 0.717) is 35.3 Å². The van der Waals surface area contributed by atoms with Crippen LogP contribution in [0.3, 0.4) is 0 Å². The summed E-state index contributed by atoms with van der Waals surface area (Å²) in [7, 11) is -2.47. The van der Waals surface area contributed by atoms with Gasteiger partial charge in [-0.3, -0.25) is 13.9 Å². The summed E-state index contributed by atoms with van der Waals surface area (Å²) in [5.41, 5.74) is 13.3. The van der Waals surface area contributed by atoms with Crippen molar-refractivity contribution in [1.82, 2.24) is 24.6 Å². The average Bonchev–Trinajstić information content (AvgIpc) is 3.44. The SMILES string of the molecule is COC(=O)CCc1ccccc1OP(=O)(NC(C)C)OCC1OC(n2cnc3c(N)nc(N)nc32)CC1C. The predicted molar refractivity (Wildman–Crippen MR) is 141 cm³/mol. The van der Waals surface area contributed by atoms with Gasteiger partial charge in [0.1, 0.15) is 17.5 Å². The smallest absolute Gasteiger partial charge is 0.459 e. The lowest BCUT2D eigenvalue weighted by molar-refractivity contribution is -0.140. The molecule has 0 amide bonds. The number of nitrogens with zero attached hydrogens (tertiary/aromatic N) is 4. The molecule has 14 heteroatoms. The quantitative estimate of drug-likeness (QED) is 0.236. The lowest BCUT2D eigenvalue weighted by Crippen LogP contribution is -2.28. The van der Waals surface area contributed by atoms with Crippen LogP contribution in [0.4, 0.5) is 11.8 Å². The molecule has 3 aromatic rings. The van der Waals surface area contributed by atoms with Crippen molar-refractivity contribution >= 4 is 36.6 Å². The first-order valence-electron chi connectivity index (χ1n) is 12.4. The summed E-state index contributed by atoms with van der Waals surface area (Å²) in [6.45, 7) is 5.73. The molecule has 4 rings (SSSR count). The number of methoxy groups -OCH3 is 1. The van der Waals surface area contributed by atoms with Gasteiger partial charge in [0, 0.05) is 12.5 Å². The maximum absolute atomic E-state index is 13.8. The van der Waals surface area contributed by atoms with E-state index in [9.17, 15) is 9.36 Å².